The van der Waals surface area contributed by atoms with Crippen LogP contribution in [0.3, 0.4) is 0 Å². The Morgan fingerprint density at radius 1 is 0.889 bits per heavy atom. The van der Waals surface area contributed by atoms with Crippen molar-refractivity contribution in [2.45, 2.75) is 19.3 Å². The number of hydrogen-bond donors (Lipinski definition) is 1. The van der Waals surface area contributed by atoms with Crippen molar-refractivity contribution in [1.82, 2.24) is 4.90 Å². The molecule has 1 aliphatic rings. The molecular weight excluding hydrogens is 344 g/mol. The number of nitrogens with one attached hydrogen (secondary N) is 1. The Kier molecular flexibility index (Phi) is 5.86. The van der Waals surface area contributed by atoms with Gasteiger partial charge in [0, 0.05) is 29.9 Å². The first-order chi connectivity index (χ1) is 13.1. The number of likely N-dealkylation sites (tertiary alicyclic amines) is 1. The molecule has 0 unspecified atom stereocenters. The highest BCUT2D eigenvalue weighted by molar-refractivity contribution is 6.06. The highest BCUT2D eigenvalue weighted by atomic mass is 16.5. The van der Waals surface area contributed by atoms with Crippen LogP contribution in [0, 0.1) is 0 Å². The summed E-state index contributed by atoms with van der Waals surface area (Å²) in [6, 6.07) is 13.2. The molecule has 0 saturated carbocycles. The van der Waals surface area contributed by atoms with Gasteiger partial charge in [-0.1, -0.05) is 6.07 Å². The van der Waals surface area contributed by atoms with Crippen LogP contribution in [0.15, 0.2) is 48.5 Å². The summed E-state index contributed by atoms with van der Waals surface area (Å²) in [7, 11) is 1.29. The molecule has 2 aromatic rings. The number of carbonyl (C=O) groups excluding carboxylic acids is 3. The smallest absolute Gasteiger partial charge is 0.337 e. The third kappa shape index (κ3) is 4.53. The zero-order valence-electron chi connectivity index (χ0n) is 15.2. The molecule has 1 heterocycles. The fourth-order valence-electron chi connectivity index (χ4n) is 3.08. The van der Waals surface area contributed by atoms with Gasteiger partial charge in [-0.15, -0.1) is 0 Å². The number of anilines is 1. The first-order valence-electron chi connectivity index (χ1n) is 8.97. The van der Waals surface area contributed by atoms with Crippen LogP contribution in [0.1, 0.15) is 50.3 Å². The average Bonchev–Trinajstić information content (AvgIpc) is 2.74. The van der Waals surface area contributed by atoms with E-state index in [9.17, 15) is 14.4 Å². The summed E-state index contributed by atoms with van der Waals surface area (Å²) in [5.41, 5.74) is 1.86. The van der Waals surface area contributed by atoms with E-state index >= 15 is 0 Å². The van der Waals surface area contributed by atoms with Crippen molar-refractivity contribution in [3.05, 3.63) is 65.2 Å². The summed E-state index contributed by atoms with van der Waals surface area (Å²) >= 11 is 0. The van der Waals surface area contributed by atoms with Gasteiger partial charge in [-0.3, -0.25) is 9.59 Å². The van der Waals surface area contributed by atoms with Crippen LogP contribution in [0.2, 0.25) is 0 Å². The molecule has 0 aliphatic carbocycles. The predicted octanol–water partition coefficient (Wildman–Crippen LogP) is 3.35. The number of amides is 2. The largest absolute Gasteiger partial charge is 0.465 e. The molecule has 140 valence electrons. The minimum atomic E-state index is -0.495. The van der Waals surface area contributed by atoms with Crippen molar-refractivity contribution in [2.75, 3.05) is 25.5 Å². The van der Waals surface area contributed by atoms with Gasteiger partial charge in [0.05, 0.1) is 12.7 Å². The monoisotopic (exact) mass is 366 g/mol. The molecule has 27 heavy (non-hydrogen) atoms. The number of hydrogen-bond acceptors (Lipinski definition) is 4. The second kappa shape index (κ2) is 8.49. The van der Waals surface area contributed by atoms with E-state index in [4.69, 9.17) is 0 Å². The SMILES string of the molecule is COC(=O)c1cccc(C(=O)Nc2ccc(C(=O)N3CCCCC3)cc2)c1. The molecular formula is C21H22N2O4. The maximum Gasteiger partial charge on any atom is 0.337 e. The third-order valence-corrected chi connectivity index (χ3v) is 4.58. The molecule has 6 heteroatoms. The van der Waals surface area contributed by atoms with Crippen LogP contribution in [-0.4, -0.2) is 42.9 Å². The molecule has 1 saturated heterocycles. The minimum Gasteiger partial charge on any atom is -0.465 e. The molecule has 1 fully saturated rings. The standard InChI is InChI=1S/C21H22N2O4/c1-27-21(26)17-7-5-6-16(14-17)19(24)22-18-10-8-15(9-11-18)20(25)23-12-3-2-4-13-23/h5-11,14H,2-4,12-13H2,1H3,(H,22,24). The van der Waals surface area contributed by atoms with Crippen molar-refractivity contribution in [2.24, 2.45) is 0 Å². The number of carbonyl (C=O) groups is 3. The predicted molar refractivity (Wildman–Crippen MR) is 102 cm³/mol. The molecule has 1 aliphatic heterocycles. The van der Waals surface area contributed by atoms with Gasteiger partial charge >= 0.3 is 5.97 Å². The van der Waals surface area contributed by atoms with Gasteiger partial charge in [0.2, 0.25) is 0 Å². The maximum atomic E-state index is 12.5. The molecule has 2 amide bonds. The quantitative estimate of drug-likeness (QED) is 0.842. The number of benzene rings is 2. The lowest BCUT2D eigenvalue weighted by atomic mass is 10.1. The van der Waals surface area contributed by atoms with Crippen molar-refractivity contribution < 1.29 is 19.1 Å². The summed E-state index contributed by atoms with van der Waals surface area (Å²) < 4.78 is 4.67. The highest BCUT2D eigenvalue weighted by Gasteiger charge is 2.18. The van der Waals surface area contributed by atoms with E-state index < -0.39 is 5.97 Å². The fraction of sp³-hybridized carbons (Fsp3) is 0.286. The average molecular weight is 366 g/mol. The van der Waals surface area contributed by atoms with Crippen molar-refractivity contribution in [3.8, 4) is 0 Å². The summed E-state index contributed by atoms with van der Waals surface area (Å²) in [4.78, 5) is 38.3. The molecule has 2 aromatic carbocycles. The van der Waals surface area contributed by atoms with Crippen molar-refractivity contribution >= 4 is 23.5 Å². The molecule has 0 spiro atoms. The molecule has 1 N–H and O–H groups in total. The summed E-state index contributed by atoms with van der Waals surface area (Å²) in [6.07, 6.45) is 3.26. The normalized spacial score (nSPS) is 13.7. The Hall–Kier alpha value is -3.15. The molecule has 0 aromatic heterocycles. The zero-order chi connectivity index (χ0) is 19.2. The second-order valence-corrected chi connectivity index (χ2v) is 6.46. The van der Waals surface area contributed by atoms with Crippen LogP contribution < -0.4 is 5.32 Å². The van der Waals surface area contributed by atoms with Gasteiger partial charge in [-0.05, 0) is 61.7 Å². The van der Waals surface area contributed by atoms with E-state index in [1.807, 2.05) is 4.90 Å². The van der Waals surface area contributed by atoms with Crippen LogP contribution >= 0.6 is 0 Å². The van der Waals surface area contributed by atoms with Gasteiger partial charge in [0.25, 0.3) is 11.8 Å². The van der Waals surface area contributed by atoms with Crippen LogP contribution in [0.5, 0.6) is 0 Å². The molecule has 0 bridgehead atoms. The van der Waals surface area contributed by atoms with E-state index in [-0.39, 0.29) is 11.8 Å². The van der Waals surface area contributed by atoms with Crippen LogP contribution in [-0.2, 0) is 4.74 Å². The summed E-state index contributed by atoms with van der Waals surface area (Å²) in [5.74, 6) is -0.806. The number of piperidine rings is 1. The molecule has 3 rings (SSSR count). The molecule has 0 atom stereocenters. The van der Waals surface area contributed by atoms with Crippen molar-refractivity contribution in [1.29, 1.82) is 0 Å². The second-order valence-electron chi connectivity index (χ2n) is 6.46. The highest BCUT2D eigenvalue weighted by Crippen LogP contribution is 2.16. The number of ether oxygens (including phenoxy) is 1. The number of esters is 1. The van der Waals surface area contributed by atoms with E-state index in [0.717, 1.165) is 25.9 Å². The minimum absolute atomic E-state index is 0.0263. The summed E-state index contributed by atoms with van der Waals surface area (Å²) in [6.45, 7) is 1.60. The maximum absolute atomic E-state index is 12.5. The lowest BCUT2D eigenvalue weighted by molar-refractivity contribution is 0.0600. The van der Waals surface area contributed by atoms with Gasteiger partial charge in [0.15, 0.2) is 0 Å². The lowest BCUT2D eigenvalue weighted by Crippen LogP contribution is -2.35. The van der Waals surface area contributed by atoms with Gasteiger partial charge in [0.1, 0.15) is 0 Å². The zero-order valence-corrected chi connectivity index (χ0v) is 15.2. The number of methoxy groups -OCH3 is 1. The molecule has 0 radical (unpaired) electrons. The topological polar surface area (TPSA) is 75.7 Å². The van der Waals surface area contributed by atoms with E-state index in [0.29, 0.717) is 22.4 Å². The van der Waals surface area contributed by atoms with Gasteiger partial charge in [-0.25, -0.2) is 4.79 Å². The Morgan fingerprint density at radius 3 is 2.22 bits per heavy atom. The van der Waals surface area contributed by atoms with Crippen molar-refractivity contribution in [3.63, 3.8) is 0 Å². The Labute approximate surface area is 158 Å². The van der Waals surface area contributed by atoms with Crippen LogP contribution in [0.25, 0.3) is 0 Å². The van der Waals surface area contributed by atoms with E-state index in [2.05, 4.69) is 10.1 Å². The lowest BCUT2D eigenvalue weighted by Gasteiger charge is -2.26. The Balaban J connectivity index is 1.66. The van der Waals surface area contributed by atoms with E-state index in [1.54, 1.807) is 42.5 Å². The van der Waals surface area contributed by atoms with Gasteiger partial charge in [-0.2, -0.15) is 0 Å². The first kappa shape index (κ1) is 18.6. The number of nitrogens with zero attached hydrogens (tertiary/aromatic N) is 1. The third-order valence-electron chi connectivity index (χ3n) is 4.58. The first-order valence-corrected chi connectivity index (χ1v) is 8.97. The fourth-order valence-corrected chi connectivity index (χ4v) is 3.08. The Morgan fingerprint density at radius 2 is 1.56 bits per heavy atom. The van der Waals surface area contributed by atoms with Gasteiger partial charge < -0.3 is 15.0 Å². The summed E-state index contributed by atoms with van der Waals surface area (Å²) in [5, 5.41) is 2.77. The van der Waals surface area contributed by atoms with Crippen LogP contribution in [0.4, 0.5) is 5.69 Å². The van der Waals surface area contributed by atoms with E-state index in [1.165, 1.54) is 19.6 Å². The molecule has 6 nitrogen and oxygen atoms in total. The number of rotatable bonds is 4. The Bertz CT molecular complexity index is 840.